The molecular weight excluding hydrogens is 414 g/mol. The number of carbonyl (C=O) groups is 1. The summed E-state index contributed by atoms with van der Waals surface area (Å²) in [5, 5.41) is 2.87. The van der Waals surface area contributed by atoms with E-state index in [-0.39, 0.29) is 5.91 Å². The van der Waals surface area contributed by atoms with E-state index < -0.39 is 0 Å². The lowest BCUT2D eigenvalue weighted by Crippen LogP contribution is -2.30. The van der Waals surface area contributed by atoms with Gasteiger partial charge in [-0.1, -0.05) is 73.7 Å². The van der Waals surface area contributed by atoms with Crippen LogP contribution < -0.4 is 4.90 Å². The molecule has 1 amide bonds. The Morgan fingerprint density at radius 3 is 2.59 bits per heavy atom. The molecule has 0 fully saturated rings. The maximum absolute atomic E-state index is 13.8. The Morgan fingerprint density at radius 2 is 1.81 bits per heavy atom. The first-order chi connectivity index (χ1) is 15.6. The number of para-hydroxylation sites is 1. The smallest absolute Gasteiger partial charge is 0.260 e. The third kappa shape index (κ3) is 3.87. The molecule has 0 N–H and O–H groups in total. The maximum atomic E-state index is 13.8. The molecule has 0 aliphatic heterocycles. The second-order valence-corrected chi connectivity index (χ2v) is 9.17. The largest absolute Gasteiger partial charge is 0.279 e. The van der Waals surface area contributed by atoms with E-state index in [1.807, 2.05) is 48.5 Å². The highest BCUT2D eigenvalue weighted by Gasteiger charge is 2.23. The number of aromatic nitrogens is 2. The Kier molecular flexibility index (Phi) is 5.41. The molecule has 0 aliphatic rings. The van der Waals surface area contributed by atoms with Crippen LogP contribution in [0.4, 0.5) is 5.13 Å². The Hall–Kier alpha value is -3.57. The first kappa shape index (κ1) is 20.3. The third-order valence-corrected chi connectivity index (χ3v) is 6.64. The van der Waals surface area contributed by atoms with Crippen LogP contribution in [-0.4, -0.2) is 15.9 Å². The van der Waals surface area contributed by atoms with Gasteiger partial charge in [-0.05, 0) is 52.1 Å². The molecule has 0 saturated carbocycles. The first-order valence-electron chi connectivity index (χ1n) is 10.7. The Labute approximate surface area is 191 Å². The summed E-state index contributed by atoms with van der Waals surface area (Å²) < 4.78 is 1.09. The van der Waals surface area contributed by atoms with E-state index in [0.717, 1.165) is 26.6 Å². The van der Waals surface area contributed by atoms with Gasteiger partial charge in [0.25, 0.3) is 5.91 Å². The van der Waals surface area contributed by atoms with Crippen molar-refractivity contribution in [1.29, 1.82) is 0 Å². The molecule has 0 atom stereocenters. The van der Waals surface area contributed by atoms with Crippen molar-refractivity contribution in [1.82, 2.24) is 9.97 Å². The number of carbonyl (C=O) groups excluding carboxylic acids is 1. The van der Waals surface area contributed by atoms with Gasteiger partial charge >= 0.3 is 0 Å². The fraction of sp³-hybridized carbons (Fsp3) is 0.148. The second-order valence-electron chi connectivity index (χ2n) is 8.16. The molecular formula is C27H23N3OS. The number of pyridine rings is 1. The molecule has 0 aliphatic carbocycles. The molecule has 4 nitrogen and oxygen atoms in total. The summed E-state index contributed by atoms with van der Waals surface area (Å²) in [5.41, 5.74) is 3.79. The van der Waals surface area contributed by atoms with Crippen molar-refractivity contribution in [2.24, 2.45) is 0 Å². The highest BCUT2D eigenvalue weighted by atomic mass is 32.1. The van der Waals surface area contributed by atoms with Crippen LogP contribution in [0.5, 0.6) is 0 Å². The van der Waals surface area contributed by atoms with Crippen molar-refractivity contribution >= 4 is 43.4 Å². The molecule has 158 valence electrons. The fourth-order valence-corrected chi connectivity index (χ4v) is 4.92. The van der Waals surface area contributed by atoms with Gasteiger partial charge in [0.15, 0.2) is 5.13 Å². The molecule has 0 saturated heterocycles. The summed E-state index contributed by atoms with van der Waals surface area (Å²) in [6.45, 7) is 4.75. The van der Waals surface area contributed by atoms with Crippen LogP contribution in [0.25, 0.3) is 21.0 Å². The van der Waals surface area contributed by atoms with Crippen molar-refractivity contribution < 1.29 is 4.79 Å². The van der Waals surface area contributed by atoms with Crippen molar-refractivity contribution in [2.45, 2.75) is 26.3 Å². The van der Waals surface area contributed by atoms with Gasteiger partial charge in [0.2, 0.25) is 0 Å². The number of benzene rings is 3. The van der Waals surface area contributed by atoms with Crippen LogP contribution in [0, 0.1) is 0 Å². The number of hydrogen-bond acceptors (Lipinski definition) is 4. The first-order valence-corrected chi connectivity index (χ1v) is 11.5. The predicted molar refractivity (Wildman–Crippen MR) is 132 cm³/mol. The van der Waals surface area contributed by atoms with Crippen LogP contribution >= 0.6 is 11.3 Å². The minimum absolute atomic E-state index is 0.0650. The second kappa shape index (κ2) is 8.52. The lowest BCUT2D eigenvalue weighted by molar-refractivity contribution is 0.0985. The van der Waals surface area contributed by atoms with Crippen LogP contribution in [0.3, 0.4) is 0 Å². The molecule has 32 heavy (non-hydrogen) atoms. The average Bonchev–Trinajstić information content (AvgIpc) is 3.26. The highest BCUT2D eigenvalue weighted by Crippen LogP contribution is 2.35. The molecule has 3 aromatic carbocycles. The normalized spacial score (nSPS) is 11.3. The van der Waals surface area contributed by atoms with E-state index in [1.165, 1.54) is 5.56 Å². The van der Waals surface area contributed by atoms with Gasteiger partial charge in [-0.15, -0.1) is 0 Å². The number of rotatable bonds is 5. The van der Waals surface area contributed by atoms with Crippen LogP contribution in [0.15, 0.2) is 85.2 Å². The monoisotopic (exact) mass is 437 g/mol. The Balaban J connectivity index is 1.61. The lowest BCUT2D eigenvalue weighted by Gasteiger charge is -2.20. The van der Waals surface area contributed by atoms with Crippen molar-refractivity contribution in [2.75, 3.05) is 4.90 Å². The Bertz CT molecular complexity index is 1410. The van der Waals surface area contributed by atoms with Gasteiger partial charge < -0.3 is 0 Å². The molecule has 0 spiro atoms. The quantitative estimate of drug-likeness (QED) is 0.303. The predicted octanol–water partition coefficient (Wildman–Crippen LogP) is 6.81. The van der Waals surface area contributed by atoms with E-state index in [0.29, 0.717) is 23.2 Å². The molecule has 5 rings (SSSR count). The van der Waals surface area contributed by atoms with Gasteiger partial charge in [0.05, 0.1) is 16.8 Å². The van der Waals surface area contributed by atoms with E-state index in [2.05, 4.69) is 43.1 Å². The summed E-state index contributed by atoms with van der Waals surface area (Å²) in [6.07, 6.45) is 3.54. The van der Waals surface area contributed by atoms with Gasteiger partial charge in [0, 0.05) is 18.0 Å². The third-order valence-electron chi connectivity index (χ3n) is 5.60. The van der Waals surface area contributed by atoms with E-state index in [4.69, 9.17) is 4.98 Å². The van der Waals surface area contributed by atoms with Gasteiger partial charge in [-0.25, -0.2) is 4.98 Å². The SMILES string of the molecule is CC(C)c1cccc2sc(N(Cc3cccnc3)C(=O)c3ccc4ccccc4c3)nc12. The molecule has 0 bridgehead atoms. The topological polar surface area (TPSA) is 46.1 Å². The van der Waals surface area contributed by atoms with Gasteiger partial charge in [0.1, 0.15) is 0 Å². The van der Waals surface area contributed by atoms with Crippen molar-refractivity contribution in [3.8, 4) is 0 Å². The van der Waals surface area contributed by atoms with Gasteiger partial charge in [-0.2, -0.15) is 0 Å². The summed E-state index contributed by atoms with van der Waals surface area (Å²) >= 11 is 1.56. The standard InChI is InChI=1S/C27H23N3OS/c1-18(2)23-10-5-11-24-25(23)29-27(32-24)30(17-19-7-6-14-28-16-19)26(31)22-13-12-20-8-3-4-9-21(20)15-22/h3-16,18H,17H2,1-2H3. The van der Waals surface area contributed by atoms with E-state index >= 15 is 0 Å². The fourth-order valence-electron chi connectivity index (χ4n) is 3.92. The number of hydrogen-bond donors (Lipinski definition) is 0. The molecule has 2 heterocycles. The zero-order chi connectivity index (χ0) is 22.1. The molecule has 0 unspecified atom stereocenters. The minimum atomic E-state index is -0.0650. The summed E-state index contributed by atoms with van der Waals surface area (Å²) in [5.74, 6) is 0.293. The average molecular weight is 438 g/mol. The number of anilines is 1. The van der Waals surface area contributed by atoms with Crippen LogP contribution in [0.1, 0.15) is 41.3 Å². The maximum Gasteiger partial charge on any atom is 0.260 e. The van der Waals surface area contributed by atoms with E-state index in [9.17, 15) is 4.79 Å². The zero-order valence-corrected chi connectivity index (χ0v) is 18.8. The summed E-state index contributed by atoms with van der Waals surface area (Å²) in [7, 11) is 0. The highest BCUT2D eigenvalue weighted by molar-refractivity contribution is 7.22. The van der Waals surface area contributed by atoms with Crippen LogP contribution in [-0.2, 0) is 6.54 Å². The summed E-state index contributed by atoms with van der Waals surface area (Å²) in [4.78, 5) is 24.7. The van der Waals surface area contributed by atoms with Crippen LogP contribution in [0.2, 0.25) is 0 Å². The van der Waals surface area contributed by atoms with E-state index in [1.54, 1.807) is 28.6 Å². The molecule has 5 heteroatoms. The number of thiazole rings is 1. The van der Waals surface area contributed by atoms with Crippen molar-refractivity contribution in [3.05, 3.63) is 102 Å². The number of fused-ring (bicyclic) bond motifs is 2. The number of nitrogens with zero attached hydrogens (tertiary/aromatic N) is 3. The summed E-state index contributed by atoms with van der Waals surface area (Å²) in [6, 6.07) is 24.1. The Morgan fingerprint density at radius 1 is 0.969 bits per heavy atom. The molecule has 2 aromatic heterocycles. The number of amides is 1. The van der Waals surface area contributed by atoms with Crippen molar-refractivity contribution in [3.63, 3.8) is 0 Å². The minimum Gasteiger partial charge on any atom is -0.279 e. The molecule has 5 aromatic rings. The zero-order valence-electron chi connectivity index (χ0n) is 18.0. The lowest BCUT2D eigenvalue weighted by atomic mass is 10.0. The molecule has 0 radical (unpaired) electrons. The van der Waals surface area contributed by atoms with Gasteiger partial charge in [-0.3, -0.25) is 14.7 Å².